The van der Waals surface area contributed by atoms with Gasteiger partial charge in [0.25, 0.3) is 0 Å². The van der Waals surface area contributed by atoms with Gasteiger partial charge in [0.15, 0.2) is 0 Å². The molecular formula is C2H6OPS. The zero-order chi connectivity index (χ0) is 3.58. The van der Waals surface area contributed by atoms with E-state index in [1.165, 1.54) is 0 Å². The minimum absolute atomic E-state index is 0. The average Bonchev–Trinajstić information content (AvgIpc) is 0.811. The highest BCUT2D eigenvalue weighted by atomic mass is 32.1. The molecule has 31 valence electrons. The molecule has 0 amide bonds. The summed E-state index contributed by atoms with van der Waals surface area (Å²) in [4.78, 5) is 0. The standard InChI is InChI=1S/C2H6OS.P/c1-2(3)4;/h2-4H,1H3;. The van der Waals surface area contributed by atoms with Crippen LogP contribution in [0.2, 0.25) is 0 Å². The van der Waals surface area contributed by atoms with E-state index in [0.29, 0.717) is 0 Å². The molecule has 0 aliphatic carbocycles. The van der Waals surface area contributed by atoms with Gasteiger partial charge in [-0.25, -0.2) is 0 Å². The van der Waals surface area contributed by atoms with Crippen LogP contribution in [0.25, 0.3) is 0 Å². The summed E-state index contributed by atoms with van der Waals surface area (Å²) < 4.78 is 0. The summed E-state index contributed by atoms with van der Waals surface area (Å²) in [7, 11) is 0. The first-order valence-corrected chi connectivity index (χ1v) is 1.61. The van der Waals surface area contributed by atoms with Gasteiger partial charge in [-0.1, -0.05) is 0 Å². The Morgan fingerprint density at radius 1 is 1.80 bits per heavy atom. The van der Waals surface area contributed by atoms with Crippen molar-refractivity contribution >= 4 is 22.5 Å². The minimum Gasteiger partial charge on any atom is -0.383 e. The number of thiol groups is 1. The fourth-order valence-electron chi connectivity index (χ4n) is 0. The van der Waals surface area contributed by atoms with Crippen molar-refractivity contribution in [1.82, 2.24) is 0 Å². The molecule has 0 aromatic heterocycles. The minimum atomic E-state index is -0.472. The van der Waals surface area contributed by atoms with Gasteiger partial charge in [0, 0.05) is 9.90 Å². The zero-order valence-electron chi connectivity index (χ0n) is 2.92. The summed E-state index contributed by atoms with van der Waals surface area (Å²) in [6.07, 6.45) is 0. The Bertz CT molecular complexity index is 14.4. The summed E-state index contributed by atoms with van der Waals surface area (Å²) in [6.45, 7) is 1.59. The summed E-state index contributed by atoms with van der Waals surface area (Å²) in [5, 5.41) is 7.92. The van der Waals surface area contributed by atoms with Crippen LogP contribution < -0.4 is 0 Å². The van der Waals surface area contributed by atoms with E-state index in [4.69, 9.17) is 5.11 Å². The van der Waals surface area contributed by atoms with Crippen molar-refractivity contribution in [2.24, 2.45) is 0 Å². The van der Waals surface area contributed by atoms with Crippen LogP contribution >= 0.6 is 22.5 Å². The highest BCUT2D eigenvalue weighted by Gasteiger charge is 1.70. The van der Waals surface area contributed by atoms with Crippen molar-refractivity contribution in [2.45, 2.75) is 12.4 Å². The molecule has 1 unspecified atom stereocenters. The fraction of sp³-hybridized carbons (Fsp3) is 1.00. The monoisotopic (exact) mass is 109 g/mol. The third-order valence-electron chi connectivity index (χ3n) is 0. The molecule has 1 nitrogen and oxygen atoms in total. The molecule has 0 bridgehead atoms. The Morgan fingerprint density at radius 2 is 1.80 bits per heavy atom. The average molecular weight is 109 g/mol. The smallest absolute Gasteiger partial charge is 0.0936 e. The van der Waals surface area contributed by atoms with Crippen molar-refractivity contribution in [3.63, 3.8) is 0 Å². The number of hydrogen-bond donors (Lipinski definition) is 2. The summed E-state index contributed by atoms with van der Waals surface area (Å²) in [5.41, 5.74) is -0.472. The molecule has 0 spiro atoms. The lowest BCUT2D eigenvalue weighted by Crippen LogP contribution is -1.79. The third kappa shape index (κ3) is 65.0. The Morgan fingerprint density at radius 3 is 1.80 bits per heavy atom. The van der Waals surface area contributed by atoms with Gasteiger partial charge >= 0.3 is 0 Å². The Hall–Kier alpha value is 0.740. The van der Waals surface area contributed by atoms with E-state index in [1.807, 2.05) is 0 Å². The number of aliphatic hydroxyl groups is 1. The molecule has 0 heterocycles. The molecule has 0 saturated carbocycles. The highest BCUT2D eigenvalue weighted by Crippen LogP contribution is 1.78. The lowest BCUT2D eigenvalue weighted by atomic mass is 10.9. The van der Waals surface area contributed by atoms with E-state index in [0.717, 1.165) is 0 Å². The van der Waals surface area contributed by atoms with Crippen molar-refractivity contribution in [2.75, 3.05) is 0 Å². The van der Waals surface area contributed by atoms with Crippen LogP contribution in [0, 0.1) is 0 Å². The SMILES string of the molecule is CC(O)S.[P]. The normalized spacial score (nSPS) is 12.6. The molecule has 1 atom stereocenters. The molecule has 3 radical (unpaired) electrons. The fourth-order valence-corrected chi connectivity index (χ4v) is 0. The number of aliphatic hydroxyl groups excluding tert-OH is 1. The second-order valence-corrected chi connectivity index (χ2v) is 1.38. The molecule has 0 aliphatic rings. The van der Waals surface area contributed by atoms with E-state index < -0.39 is 5.44 Å². The van der Waals surface area contributed by atoms with Crippen LogP contribution in [0.1, 0.15) is 6.92 Å². The van der Waals surface area contributed by atoms with Gasteiger partial charge < -0.3 is 5.11 Å². The van der Waals surface area contributed by atoms with E-state index in [2.05, 4.69) is 12.6 Å². The molecule has 0 saturated heterocycles. The second kappa shape index (κ2) is 4.74. The van der Waals surface area contributed by atoms with Gasteiger partial charge in [-0.2, -0.15) is 0 Å². The van der Waals surface area contributed by atoms with Crippen molar-refractivity contribution in [1.29, 1.82) is 0 Å². The van der Waals surface area contributed by atoms with Crippen molar-refractivity contribution in [3.05, 3.63) is 0 Å². The van der Waals surface area contributed by atoms with Gasteiger partial charge in [0.1, 0.15) is 0 Å². The molecule has 0 aromatic carbocycles. The molecular weight excluding hydrogens is 103 g/mol. The van der Waals surface area contributed by atoms with E-state index >= 15 is 0 Å². The summed E-state index contributed by atoms with van der Waals surface area (Å²) in [5.74, 6) is 0. The van der Waals surface area contributed by atoms with E-state index in [-0.39, 0.29) is 9.90 Å². The maximum absolute atomic E-state index is 7.92. The molecule has 5 heavy (non-hydrogen) atoms. The Kier molecular flexibility index (Phi) is 8.74. The molecule has 0 aliphatic heterocycles. The quantitative estimate of drug-likeness (QED) is 0.271. The van der Waals surface area contributed by atoms with Crippen molar-refractivity contribution in [3.8, 4) is 0 Å². The first kappa shape index (κ1) is 9.22. The van der Waals surface area contributed by atoms with Crippen LogP contribution in [-0.2, 0) is 0 Å². The largest absolute Gasteiger partial charge is 0.383 e. The van der Waals surface area contributed by atoms with Crippen LogP contribution in [0.3, 0.4) is 0 Å². The van der Waals surface area contributed by atoms with Gasteiger partial charge in [-0.3, -0.25) is 0 Å². The van der Waals surface area contributed by atoms with E-state index in [1.54, 1.807) is 6.92 Å². The lowest BCUT2D eigenvalue weighted by Gasteiger charge is -1.79. The summed E-state index contributed by atoms with van der Waals surface area (Å²) in [6, 6.07) is 0. The van der Waals surface area contributed by atoms with Crippen LogP contribution in [-0.4, -0.2) is 10.5 Å². The summed E-state index contributed by atoms with van der Waals surface area (Å²) >= 11 is 3.52. The maximum Gasteiger partial charge on any atom is 0.0936 e. The zero-order valence-corrected chi connectivity index (χ0v) is 4.71. The second-order valence-electron chi connectivity index (χ2n) is 0.632. The van der Waals surface area contributed by atoms with Gasteiger partial charge in [-0.15, -0.1) is 12.6 Å². The molecule has 0 fully saturated rings. The maximum atomic E-state index is 7.92. The third-order valence-corrected chi connectivity index (χ3v) is 0. The lowest BCUT2D eigenvalue weighted by molar-refractivity contribution is 0.286. The molecule has 0 aromatic rings. The van der Waals surface area contributed by atoms with E-state index in [9.17, 15) is 0 Å². The predicted molar refractivity (Wildman–Crippen MR) is 27.6 cm³/mol. The molecule has 0 rings (SSSR count). The number of hydrogen-bond acceptors (Lipinski definition) is 2. The van der Waals surface area contributed by atoms with Crippen LogP contribution in [0.5, 0.6) is 0 Å². The van der Waals surface area contributed by atoms with Gasteiger partial charge in [-0.05, 0) is 6.92 Å². The highest BCUT2D eigenvalue weighted by molar-refractivity contribution is 7.80. The number of rotatable bonds is 0. The molecule has 1 N–H and O–H groups in total. The van der Waals surface area contributed by atoms with Crippen LogP contribution in [0.4, 0.5) is 0 Å². The van der Waals surface area contributed by atoms with Crippen LogP contribution in [0.15, 0.2) is 0 Å². The van der Waals surface area contributed by atoms with Gasteiger partial charge in [0.05, 0.1) is 5.44 Å². The Labute approximate surface area is 40.8 Å². The first-order chi connectivity index (χ1) is 1.73. The van der Waals surface area contributed by atoms with Gasteiger partial charge in [0.2, 0.25) is 0 Å². The predicted octanol–water partition coefficient (Wildman–Crippen LogP) is 1.12. The van der Waals surface area contributed by atoms with Crippen molar-refractivity contribution < 1.29 is 5.11 Å². The first-order valence-electron chi connectivity index (χ1n) is 1.09. The Balaban J connectivity index is 0. The topological polar surface area (TPSA) is 20.2 Å². The molecule has 3 heteroatoms.